The fraction of sp³-hybridized carbons (Fsp3) is 0.483. The molecule has 1 saturated carbocycles. The van der Waals surface area contributed by atoms with E-state index in [4.69, 9.17) is 4.74 Å². The second kappa shape index (κ2) is 12.0. The number of nitrogens with one attached hydrogen (secondary N) is 1. The predicted molar refractivity (Wildman–Crippen MR) is 149 cm³/mol. The van der Waals surface area contributed by atoms with Gasteiger partial charge in [0, 0.05) is 36.8 Å². The molecule has 4 rings (SSSR count). The molecule has 0 aromatic heterocycles. The van der Waals surface area contributed by atoms with Crippen molar-refractivity contribution in [1.29, 1.82) is 0 Å². The number of aliphatic hydroxyl groups excluding tert-OH is 1. The molecular formula is C29H37N3O6S. The molecule has 2 aromatic carbocycles. The number of benzene rings is 2. The van der Waals surface area contributed by atoms with Crippen LogP contribution in [-0.4, -0.2) is 78.4 Å². The number of para-hydroxylation sites is 1. The van der Waals surface area contributed by atoms with Crippen LogP contribution in [0.1, 0.15) is 45.1 Å². The van der Waals surface area contributed by atoms with E-state index < -0.39 is 27.8 Å². The summed E-state index contributed by atoms with van der Waals surface area (Å²) in [7, 11) is -2.34. The van der Waals surface area contributed by atoms with Crippen molar-refractivity contribution in [3.8, 4) is 17.6 Å². The molecule has 1 fully saturated rings. The highest BCUT2D eigenvalue weighted by molar-refractivity contribution is 7.89. The third kappa shape index (κ3) is 6.73. The lowest BCUT2D eigenvalue weighted by Crippen LogP contribution is -2.50. The molecule has 1 aliphatic heterocycles. The van der Waals surface area contributed by atoms with E-state index in [1.54, 1.807) is 38.2 Å². The molecule has 1 aliphatic carbocycles. The molecular weight excluding hydrogens is 518 g/mol. The fourth-order valence-electron chi connectivity index (χ4n) is 4.89. The van der Waals surface area contributed by atoms with Crippen molar-refractivity contribution in [2.24, 2.45) is 5.92 Å². The Hall–Kier alpha value is -3.10. The molecule has 0 saturated heterocycles. The summed E-state index contributed by atoms with van der Waals surface area (Å²) in [6.45, 7) is 3.48. The zero-order valence-corrected chi connectivity index (χ0v) is 23.4. The Labute approximate surface area is 230 Å². The SMILES string of the molecule is C[C@@H]1CN([C@@H](C)CO)S(=O)(=O)c2ccc(C#CC3(O)CCCC3)cc2O[C@@H]1CN(C)C(=O)Nc1ccccc1. The Kier molecular flexibility index (Phi) is 8.86. The molecule has 0 unspecified atom stereocenters. The number of anilines is 1. The van der Waals surface area contributed by atoms with Gasteiger partial charge in [-0.3, -0.25) is 0 Å². The van der Waals surface area contributed by atoms with Gasteiger partial charge in [-0.2, -0.15) is 4.31 Å². The Morgan fingerprint density at radius 1 is 1.23 bits per heavy atom. The van der Waals surface area contributed by atoms with Crippen molar-refractivity contribution >= 4 is 21.7 Å². The zero-order chi connectivity index (χ0) is 28.2. The number of sulfonamides is 1. The monoisotopic (exact) mass is 555 g/mol. The van der Waals surface area contributed by atoms with E-state index in [1.807, 2.05) is 25.1 Å². The lowest BCUT2D eigenvalue weighted by Gasteiger charge is -2.37. The number of aliphatic hydroxyl groups is 2. The number of urea groups is 1. The fourth-order valence-corrected chi connectivity index (χ4v) is 6.71. The van der Waals surface area contributed by atoms with E-state index in [0.29, 0.717) is 24.1 Å². The third-order valence-corrected chi connectivity index (χ3v) is 9.38. The molecule has 210 valence electrons. The largest absolute Gasteiger partial charge is 0.487 e. The Morgan fingerprint density at radius 3 is 2.59 bits per heavy atom. The van der Waals surface area contributed by atoms with Gasteiger partial charge in [-0.25, -0.2) is 13.2 Å². The summed E-state index contributed by atoms with van der Waals surface area (Å²) < 4.78 is 35.0. The lowest BCUT2D eigenvalue weighted by molar-refractivity contribution is 0.0830. The van der Waals surface area contributed by atoms with Crippen LogP contribution in [0.25, 0.3) is 0 Å². The smallest absolute Gasteiger partial charge is 0.321 e. The highest BCUT2D eigenvalue weighted by Crippen LogP contribution is 2.34. The number of rotatable bonds is 5. The maximum atomic E-state index is 13.7. The molecule has 0 radical (unpaired) electrons. The quantitative estimate of drug-likeness (QED) is 0.488. The molecule has 39 heavy (non-hydrogen) atoms. The van der Waals surface area contributed by atoms with Crippen molar-refractivity contribution in [2.45, 2.75) is 62.2 Å². The first-order chi connectivity index (χ1) is 18.5. The molecule has 3 atom stereocenters. The second-order valence-electron chi connectivity index (χ2n) is 10.6. The number of hydrogen-bond donors (Lipinski definition) is 3. The molecule has 3 N–H and O–H groups in total. The topological polar surface area (TPSA) is 119 Å². The Balaban J connectivity index is 1.66. The molecule has 2 aromatic rings. The van der Waals surface area contributed by atoms with Crippen LogP contribution in [0.5, 0.6) is 5.75 Å². The average molecular weight is 556 g/mol. The van der Waals surface area contributed by atoms with Gasteiger partial charge in [0.1, 0.15) is 22.4 Å². The van der Waals surface area contributed by atoms with Crippen LogP contribution in [0, 0.1) is 17.8 Å². The lowest BCUT2D eigenvalue weighted by atomic mass is 10.0. The van der Waals surface area contributed by atoms with Gasteiger partial charge in [0.25, 0.3) is 0 Å². The third-order valence-electron chi connectivity index (χ3n) is 7.36. The van der Waals surface area contributed by atoms with Crippen LogP contribution >= 0.6 is 0 Å². The predicted octanol–water partition coefficient (Wildman–Crippen LogP) is 3.28. The van der Waals surface area contributed by atoms with Crippen LogP contribution in [0.3, 0.4) is 0 Å². The van der Waals surface area contributed by atoms with Gasteiger partial charge in [0.15, 0.2) is 0 Å². The molecule has 2 aliphatic rings. The van der Waals surface area contributed by atoms with Gasteiger partial charge >= 0.3 is 6.03 Å². The van der Waals surface area contributed by atoms with Crippen LogP contribution < -0.4 is 10.1 Å². The Morgan fingerprint density at radius 2 is 1.92 bits per heavy atom. The number of likely N-dealkylation sites (N-methyl/N-ethyl adjacent to an activating group) is 1. The van der Waals surface area contributed by atoms with Crippen molar-refractivity contribution in [2.75, 3.05) is 32.1 Å². The maximum Gasteiger partial charge on any atom is 0.321 e. The highest BCUT2D eigenvalue weighted by Gasteiger charge is 2.38. The van der Waals surface area contributed by atoms with E-state index in [0.717, 1.165) is 12.8 Å². The summed E-state index contributed by atoms with van der Waals surface area (Å²) in [5.41, 5.74) is 0.150. The van der Waals surface area contributed by atoms with Gasteiger partial charge in [0.2, 0.25) is 10.0 Å². The summed E-state index contributed by atoms with van der Waals surface area (Å²) in [5.74, 6) is 5.76. The summed E-state index contributed by atoms with van der Waals surface area (Å²) in [5, 5.41) is 23.3. The zero-order valence-electron chi connectivity index (χ0n) is 22.6. The standard InChI is InChI=1S/C29H37N3O6S/c1-21-18-32(22(2)20-33)39(36,37)27-12-11-23(13-16-29(35)14-7-8-15-29)17-25(27)38-26(21)19-31(3)28(34)30-24-9-5-4-6-10-24/h4-6,9-12,17,21-22,26,33,35H,7-8,14-15,18-20H2,1-3H3,(H,30,34)/t21-,22+,26-/m1/s1. The number of carbonyl (C=O) groups is 1. The van der Waals surface area contributed by atoms with Gasteiger partial charge < -0.3 is 25.2 Å². The van der Waals surface area contributed by atoms with Gasteiger partial charge in [-0.1, -0.05) is 37.0 Å². The van der Waals surface area contributed by atoms with E-state index >= 15 is 0 Å². The van der Waals surface area contributed by atoms with E-state index in [1.165, 1.54) is 15.3 Å². The van der Waals surface area contributed by atoms with Crippen molar-refractivity contribution in [3.63, 3.8) is 0 Å². The maximum absolute atomic E-state index is 13.7. The van der Waals surface area contributed by atoms with Crippen LogP contribution in [0.4, 0.5) is 10.5 Å². The van der Waals surface area contributed by atoms with E-state index in [-0.39, 0.29) is 42.3 Å². The van der Waals surface area contributed by atoms with Crippen LogP contribution in [0.2, 0.25) is 0 Å². The van der Waals surface area contributed by atoms with Crippen molar-refractivity contribution in [3.05, 3.63) is 54.1 Å². The molecule has 1 heterocycles. The molecule has 10 heteroatoms. The number of amides is 2. The summed E-state index contributed by atoms with van der Waals surface area (Å²) in [6, 6.07) is 12.8. The Bertz CT molecular complexity index is 1330. The van der Waals surface area contributed by atoms with E-state index in [9.17, 15) is 23.4 Å². The molecule has 2 amide bonds. The highest BCUT2D eigenvalue weighted by atomic mass is 32.2. The normalized spacial score (nSPS) is 22.7. The van der Waals surface area contributed by atoms with Gasteiger partial charge in [0.05, 0.1) is 13.2 Å². The van der Waals surface area contributed by atoms with Gasteiger partial charge in [-0.15, -0.1) is 0 Å². The number of carbonyl (C=O) groups excluding carboxylic acids is 1. The molecule has 9 nitrogen and oxygen atoms in total. The minimum absolute atomic E-state index is 0.0266. The number of nitrogens with zero attached hydrogens (tertiary/aromatic N) is 2. The summed E-state index contributed by atoms with van der Waals surface area (Å²) in [6.07, 6.45) is 2.50. The molecule has 0 spiro atoms. The van der Waals surface area contributed by atoms with Crippen LogP contribution in [-0.2, 0) is 10.0 Å². The van der Waals surface area contributed by atoms with Crippen molar-refractivity contribution < 1.29 is 28.2 Å². The second-order valence-corrected chi connectivity index (χ2v) is 12.4. The minimum atomic E-state index is -4.00. The minimum Gasteiger partial charge on any atom is -0.487 e. The number of ether oxygens (including phenoxy) is 1. The van der Waals surface area contributed by atoms with E-state index in [2.05, 4.69) is 17.2 Å². The first-order valence-electron chi connectivity index (χ1n) is 13.3. The van der Waals surface area contributed by atoms with Crippen LogP contribution in [0.15, 0.2) is 53.4 Å². The van der Waals surface area contributed by atoms with Crippen molar-refractivity contribution in [1.82, 2.24) is 9.21 Å². The summed E-state index contributed by atoms with van der Waals surface area (Å²) >= 11 is 0. The first-order valence-corrected chi connectivity index (χ1v) is 14.7. The average Bonchev–Trinajstić information content (AvgIpc) is 3.36. The number of hydrogen-bond acceptors (Lipinski definition) is 6. The summed E-state index contributed by atoms with van der Waals surface area (Å²) in [4.78, 5) is 14.4. The van der Waals surface area contributed by atoms with Gasteiger partial charge in [-0.05, 0) is 62.9 Å². The molecule has 0 bridgehead atoms. The first kappa shape index (κ1) is 28.9. The number of fused-ring (bicyclic) bond motifs is 1.